The monoisotopic (exact) mass is 480 g/mol. The summed E-state index contributed by atoms with van der Waals surface area (Å²) in [6.45, 7) is 2.91. The average Bonchev–Trinajstić information content (AvgIpc) is 3.35. The van der Waals surface area contributed by atoms with Crippen LogP contribution in [0, 0.1) is 10.1 Å². The number of likely N-dealkylation sites (tertiary alicyclic amines) is 1. The summed E-state index contributed by atoms with van der Waals surface area (Å²) in [6.07, 6.45) is 4.10. The van der Waals surface area contributed by atoms with Crippen molar-refractivity contribution in [1.29, 1.82) is 0 Å². The Hall–Kier alpha value is -4.30. The minimum absolute atomic E-state index is 0.0167. The van der Waals surface area contributed by atoms with Crippen molar-refractivity contribution in [2.24, 2.45) is 0 Å². The van der Waals surface area contributed by atoms with Gasteiger partial charge in [0.25, 0.3) is 5.69 Å². The van der Waals surface area contributed by atoms with Crippen LogP contribution in [-0.4, -0.2) is 38.9 Å². The van der Waals surface area contributed by atoms with Gasteiger partial charge in [0.2, 0.25) is 5.95 Å². The molecule has 8 nitrogen and oxygen atoms in total. The molecule has 0 spiro atoms. The molecular weight excluding hydrogens is 452 g/mol. The molecule has 1 fully saturated rings. The fourth-order valence-corrected chi connectivity index (χ4v) is 4.60. The molecule has 0 amide bonds. The summed E-state index contributed by atoms with van der Waals surface area (Å²) in [7, 11) is 0. The van der Waals surface area contributed by atoms with Crippen LogP contribution in [0.5, 0.6) is 0 Å². The van der Waals surface area contributed by atoms with Crippen LogP contribution in [0.2, 0.25) is 0 Å². The zero-order chi connectivity index (χ0) is 24.7. The maximum Gasteiger partial charge on any atom is 0.271 e. The Morgan fingerprint density at radius 2 is 1.81 bits per heavy atom. The lowest BCUT2D eigenvalue weighted by Crippen LogP contribution is -2.34. The number of nitro groups is 1. The Labute approximate surface area is 210 Å². The van der Waals surface area contributed by atoms with Crippen LogP contribution in [0.4, 0.5) is 23.0 Å². The number of hydrogen-bond acceptors (Lipinski definition) is 7. The summed E-state index contributed by atoms with van der Waals surface area (Å²) >= 11 is 0. The first-order chi connectivity index (χ1) is 17.6. The molecule has 0 bridgehead atoms. The fraction of sp³-hybridized carbons (Fsp3) is 0.214. The number of aromatic nitrogens is 2. The quantitative estimate of drug-likeness (QED) is 0.228. The van der Waals surface area contributed by atoms with Gasteiger partial charge in [0.15, 0.2) is 0 Å². The number of para-hydroxylation sites is 1. The molecule has 0 saturated carbocycles. The summed E-state index contributed by atoms with van der Waals surface area (Å²) in [5.74, 6) is 0.394. The van der Waals surface area contributed by atoms with Gasteiger partial charge in [-0.2, -0.15) is 0 Å². The van der Waals surface area contributed by atoms with Crippen molar-refractivity contribution in [3.8, 4) is 11.3 Å². The Bertz CT molecular complexity index is 1330. The number of benzene rings is 3. The summed E-state index contributed by atoms with van der Waals surface area (Å²) in [5.41, 5.74) is 4.79. The molecule has 2 heterocycles. The highest BCUT2D eigenvalue weighted by Crippen LogP contribution is 2.25. The first kappa shape index (κ1) is 23.4. The van der Waals surface area contributed by atoms with Crippen molar-refractivity contribution >= 4 is 23.0 Å². The molecule has 1 atom stereocenters. The predicted octanol–water partition coefficient (Wildman–Crippen LogP) is 5.87. The summed E-state index contributed by atoms with van der Waals surface area (Å²) in [4.78, 5) is 22.1. The lowest BCUT2D eigenvalue weighted by molar-refractivity contribution is -0.384. The molecular formula is C28H28N6O2. The number of anilines is 3. The molecule has 4 aromatic rings. The van der Waals surface area contributed by atoms with E-state index in [1.54, 1.807) is 18.3 Å². The lowest BCUT2D eigenvalue weighted by Gasteiger charge is -2.25. The zero-order valence-corrected chi connectivity index (χ0v) is 19.9. The van der Waals surface area contributed by atoms with Crippen LogP contribution in [0.25, 0.3) is 11.3 Å². The van der Waals surface area contributed by atoms with Gasteiger partial charge in [-0.15, -0.1) is 0 Å². The third kappa shape index (κ3) is 5.84. The highest BCUT2D eigenvalue weighted by molar-refractivity contribution is 5.63. The Morgan fingerprint density at radius 1 is 0.972 bits per heavy atom. The van der Waals surface area contributed by atoms with Crippen molar-refractivity contribution in [2.45, 2.75) is 25.4 Å². The van der Waals surface area contributed by atoms with Crippen molar-refractivity contribution in [2.75, 3.05) is 23.7 Å². The molecule has 1 aliphatic heterocycles. The molecule has 182 valence electrons. The van der Waals surface area contributed by atoms with Crippen LogP contribution >= 0.6 is 0 Å². The van der Waals surface area contributed by atoms with E-state index < -0.39 is 4.92 Å². The minimum atomic E-state index is -0.420. The first-order valence-corrected chi connectivity index (χ1v) is 12.1. The van der Waals surface area contributed by atoms with E-state index >= 15 is 0 Å². The van der Waals surface area contributed by atoms with Gasteiger partial charge in [-0.1, -0.05) is 42.5 Å². The van der Waals surface area contributed by atoms with Crippen molar-refractivity contribution in [1.82, 2.24) is 14.9 Å². The minimum Gasteiger partial charge on any atom is -0.383 e. The largest absolute Gasteiger partial charge is 0.383 e. The molecule has 0 radical (unpaired) electrons. The van der Waals surface area contributed by atoms with Crippen LogP contribution in [0.3, 0.4) is 0 Å². The maximum atomic E-state index is 11.1. The fourth-order valence-electron chi connectivity index (χ4n) is 4.60. The van der Waals surface area contributed by atoms with Gasteiger partial charge in [-0.3, -0.25) is 15.0 Å². The van der Waals surface area contributed by atoms with E-state index in [1.807, 2.05) is 18.2 Å². The number of hydrogen-bond donors (Lipinski definition) is 2. The summed E-state index contributed by atoms with van der Waals surface area (Å²) in [6, 6.07) is 27.5. The van der Waals surface area contributed by atoms with Gasteiger partial charge < -0.3 is 10.6 Å². The molecule has 1 aliphatic rings. The normalized spacial score (nSPS) is 15.5. The number of nitrogens with one attached hydrogen (secondary N) is 2. The second-order valence-corrected chi connectivity index (χ2v) is 8.91. The summed E-state index contributed by atoms with van der Waals surface area (Å²) in [5, 5.41) is 17.7. The second-order valence-electron chi connectivity index (χ2n) is 8.91. The molecule has 5 rings (SSSR count). The molecule has 8 heteroatoms. The van der Waals surface area contributed by atoms with E-state index in [0.717, 1.165) is 36.6 Å². The average molecular weight is 481 g/mol. The van der Waals surface area contributed by atoms with E-state index in [2.05, 4.69) is 68.0 Å². The molecule has 3 aromatic carbocycles. The Kier molecular flexibility index (Phi) is 7.14. The third-order valence-electron chi connectivity index (χ3n) is 6.39. The zero-order valence-electron chi connectivity index (χ0n) is 19.9. The second kappa shape index (κ2) is 11.0. The van der Waals surface area contributed by atoms with Crippen LogP contribution in [-0.2, 0) is 6.54 Å². The Morgan fingerprint density at radius 3 is 2.67 bits per heavy atom. The van der Waals surface area contributed by atoms with Gasteiger partial charge in [0.1, 0.15) is 0 Å². The predicted molar refractivity (Wildman–Crippen MR) is 142 cm³/mol. The number of nitrogens with zero attached hydrogens (tertiary/aromatic N) is 4. The van der Waals surface area contributed by atoms with E-state index in [9.17, 15) is 10.1 Å². The third-order valence-corrected chi connectivity index (χ3v) is 6.39. The van der Waals surface area contributed by atoms with E-state index in [-0.39, 0.29) is 5.69 Å². The van der Waals surface area contributed by atoms with Crippen molar-refractivity contribution in [3.63, 3.8) is 0 Å². The maximum absolute atomic E-state index is 11.1. The number of non-ortho nitro benzene ring substituents is 1. The Balaban J connectivity index is 1.26. The van der Waals surface area contributed by atoms with Gasteiger partial charge in [-0.05, 0) is 55.3 Å². The van der Waals surface area contributed by atoms with Crippen molar-refractivity contribution < 1.29 is 4.92 Å². The van der Waals surface area contributed by atoms with Gasteiger partial charge >= 0.3 is 0 Å². The van der Waals surface area contributed by atoms with E-state index in [4.69, 9.17) is 0 Å². The number of nitro benzene ring substituents is 1. The molecule has 0 aliphatic carbocycles. The number of rotatable bonds is 9. The van der Waals surface area contributed by atoms with E-state index in [0.29, 0.717) is 17.7 Å². The van der Waals surface area contributed by atoms with Gasteiger partial charge in [-0.25, -0.2) is 9.97 Å². The lowest BCUT2D eigenvalue weighted by atomic mass is 10.1. The summed E-state index contributed by atoms with van der Waals surface area (Å²) < 4.78 is 0. The highest BCUT2D eigenvalue weighted by atomic mass is 16.6. The molecule has 1 unspecified atom stereocenters. The highest BCUT2D eigenvalue weighted by Gasteiger charge is 2.24. The van der Waals surface area contributed by atoms with Crippen LogP contribution in [0.1, 0.15) is 18.4 Å². The SMILES string of the molecule is O=[N+]([O-])c1cccc(Nc2nccc(-c3cccc(CN4CCCC4CNc4ccccc4)c3)n2)c1. The van der Waals surface area contributed by atoms with E-state index in [1.165, 1.54) is 30.5 Å². The van der Waals surface area contributed by atoms with Crippen LogP contribution < -0.4 is 10.6 Å². The molecule has 2 N–H and O–H groups in total. The molecule has 1 saturated heterocycles. The standard InChI is InChI=1S/C28H28N6O2/c35-34(36)25-12-5-11-24(18-25)31-28-29-15-14-27(32-28)22-8-4-7-21(17-22)20-33-16-6-13-26(33)19-30-23-9-2-1-3-10-23/h1-5,7-12,14-15,17-18,26,30H,6,13,16,19-20H2,(H,29,31,32). The van der Waals surface area contributed by atoms with Crippen LogP contribution in [0.15, 0.2) is 91.1 Å². The smallest absolute Gasteiger partial charge is 0.271 e. The van der Waals surface area contributed by atoms with Crippen molar-refractivity contribution in [3.05, 3.63) is 107 Å². The first-order valence-electron chi connectivity index (χ1n) is 12.1. The molecule has 1 aromatic heterocycles. The topological polar surface area (TPSA) is 96.2 Å². The van der Waals surface area contributed by atoms with Gasteiger partial charge in [0.05, 0.1) is 10.6 Å². The molecule has 36 heavy (non-hydrogen) atoms. The van der Waals surface area contributed by atoms with Gasteiger partial charge in [0, 0.05) is 54.4 Å².